The molecule has 0 aromatic carbocycles. The molecule has 12 atom stereocenters. The minimum Gasteiger partial charge on any atom is -0.393 e. The molecule has 0 aromatic heterocycles. The van der Waals surface area contributed by atoms with Crippen LogP contribution in [0.3, 0.4) is 0 Å². The van der Waals surface area contributed by atoms with Crippen LogP contribution in [0, 0.1) is 29.6 Å². The van der Waals surface area contributed by atoms with Gasteiger partial charge in [0, 0.05) is 0 Å². The zero-order valence-corrected chi connectivity index (χ0v) is 82.6. The number of unbranched alkanes of at least 4 members (excludes halogenated alkanes) is 43. The highest BCUT2D eigenvalue weighted by Gasteiger charge is 2.31. The van der Waals surface area contributed by atoms with Gasteiger partial charge in [-0.25, -0.2) is 0 Å². The molecule has 5 N–H and O–H groups in total. The third-order valence-corrected chi connectivity index (χ3v) is 25.2. The Bertz CT molecular complexity index is 1620. The van der Waals surface area contributed by atoms with E-state index in [4.69, 9.17) is 4.74 Å². The lowest BCUT2D eigenvalue weighted by molar-refractivity contribution is -0.124. The Morgan fingerprint density at radius 1 is 0.228 bits per heavy atom. The van der Waals surface area contributed by atoms with Crippen molar-refractivity contribution >= 4 is 0 Å². The van der Waals surface area contributed by atoms with Gasteiger partial charge in [-0.2, -0.15) is 0 Å². The molecule has 1 aliphatic rings. The lowest BCUT2D eigenvalue weighted by Crippen LogP contribution is -2.37. The van der Waals surface area contributed by atoms with Crippen LogP contribution in [0.2, 0.25) is 0 Å². The molecule has 694 valence electrons. The quantitative estimate of drug-likeness (QED) is 0.0388. The molecule has 0 aliphatic carbocycles. The van der Waals surface area contributed by atoms with Crippen molar-refractivity contribution in [3.05, 3.63) is 0 Å². The third-order valence-electron chi connectivity index (χ3n) is 25.2. The van der Waals surface area contributed by atoms with E-state index < -0.39 is 0 Å². The predicted octanol–water partition coefficient (Wildman–Crippen LogP) is 36.7. The van der Waals surface area contributed by atoms with Crippen LogP contribution in [0.15, 0.2) is 0 Å². The summed E-state index contributed by atoms with van der Waals surface area (Å²) in [4.78, 5) is 0. The lowest BCUT2D eigenvalue weighted by atomic mass is 9.88. The maximum Gasteiger partial charge on any atom is 0.0658 e. The van der Waals surface area contributed by atoms with Gasteiger partial charge in [0.2, 0.25) is 0 Å². The molecule has 0 bridgehead atoms. The van der Waals surface area contributed by atoms with Crippen LogP contribution in [-0.2, 0) is 4.74 Å². The Kier molecular flexibility index (Phi) is 109. The molecule has 12 unspecified atom stereocenters. The van der Waals surface area contributed by atoms with Crippen LogP contribution < -0.4 is 0 Å². The largest absolute Gasteiger partial charge is 0.393 e. The SMILES string of the molecule is CCCCCCCCCC(C)CCCC(O)CCC.CCCCCCCCCC1CCCC(C)(CCC)O1.CCCCCCCCCCC(C)CC(O)CCCC.CCCCCCCCCCC(O)CC(C)CCCC.CCCCCCCCCCC(O)CCC(C)CCC.CCCCCCCCCCCC(C)CC(O)CCC. The first-order chi connectivity index (χ1) is 55.2. The fraction of sp³-hybridized carbons (Fsp3) is 1.00. The number of hydrogen-bond donors (Lipinski definition) is 5. The van der Waals surface area contributed by atoms with Crippen molar-refractivity contribution < 1.29 is 30.3 Å². The molecule has 0 amide bonds. The van der Waals surface area contributed by atoms with E-state index in [1.165, 1.54) is 424 Å². The van der Waals surface area contributed by atoms with E-state index >= 15 is 0 Å². The van der Waals surface area contributed by atoms with Crippen LogP contribution in [-0.4, -0.2) is 67.8 Å². The third kappa shape index (κ3) is 104. The van der Waals surface area contributed by atoms with Crippen molar-refractivity contribution in [2.75, 3.05) is 0 Å². The summed E-state index contributed by atoms with van der Waals surface area (Å²) >= 11 is 0. The monoisotopic (exact) mass is 1620 g/mol. The lowest BCUT2D eigenvalue weighted by Gasteiger charge is -2.39. The van der Waals surface area contributed by atoms with Gasteiger partial charge in [-0.15, -0.1) is 0 Å². The summed E-state index contributed by atoms with van der Waals surface area (Å²) in [6.07, 6.45) is 102. The smallest absolute Gasteiger partial charge is 0.0658 e. The Hall–Kier alpha value is -0.240. The van der Waals surface area contributed by atoms with Crippen LogP contribution in [0.1, 0.15) is 625 Å². The van der Waals surface area contributed by atoms with E-state index in [1.54, 1.807) is 0 Å². The normalized spacial score (nSPS) is 16.7. The number of aliphatic hydroxyl groups excluding tert-OH is 5. The molecule has 1 rings (SSSR count). The Labute approximate surface area is 723 Å². The molecule has 0 radical (unpaired) electrons. The topological polar surface area (TPSA) is 110 Å². The summed E-state index contributed by atoms with van der Waals surface area (Å²) in [5.41, 5.74) is 0.193. The van der Waals surface area contributed by atoms with Crippen LogP contribution in [0.4, 0.5) is 0 Å². The molecule has 0 saturated carbocycles. The molecule has 1 aliphatic heterocycles. The summed E-state index contributed by atoms with van der Waals surface area (Å²) in [5.74, 6) is 3.74. The fourth-order valence-corrected chi connectivity index (χ4v) is 17.4. The Balaban J connectivity index is -0.000000417. The van der Waals surface area contributed by atoms with E-state index in [-0.39, 0.29) is 36.1 Å². The number of hydrogen-bond acceptors (Lipinski definition) is 6. The minimum absolute atomic E-state index is 0.0422. The summed E-state index contributed by atoms with van der Waals surface area (Å²) in [6, 6.07) is 0. The summed E-state index contributed by atoms with van der Waals surface area (Å²) in [7, 11) is 0. The number of rotatable bonds is 80. The minimum atomic E-state index is -0.0569. The standard InChI is InChI=1S/C18H36O.5C18H38O/c1-4-6-7-8-9-10-11-13-17-14-12-16-18(3,19-17)15-5-2;1-4-6-7-8-9-10-11-14-17(3)15-12-16-18(19)13-5-2;1-4-6-7-8-9-10-11-12-13-15-17(3)16-18(19)14-5-2;1-4-6-7-8-9-10-11-12-14-18(19)16-15-17(3)13-5-2;1-4-6-8-9-10-11-12-13-14-17(3)16-18(19)15-7-5-2;1-4-6-8-9-10-11-12-13-15-18(19)16-17(3)14-7-5-2/h17H,4-16H2,1-3H3;5*17-19H,4-16H2,1-3H3. The highest BCUT2D eigenvalue weighted by Crippen LogP contribution is 2.35. The maximum atomic E-state index is 9.99. The molecule has 1 fully saturated rings. The van der Waals surface area contributed by atoms with Gasteiger partial charge < -0.3 is 30.3 Å². The number of aliphatic hydroxyl groups is 5. The van der Waals surface area contributed by atoms with Crippen LogP contribution >= 0.6 is 0 Å². The van der Waals surface area contributed by atoms with Gasteiger partial charge in [-0.3, -0.25) is 0 Å². The van der Waals surface area contributed by atoms with Gasteiger partial charge >= 0.3 is 0 Å². The van der Waals surface area contributed by atoms with Gasteiger partial charge in [0.25, 0.3) is 0 Å². The van der Waals surface area contributed by atoms with Gasteiger partial charge in [0.1, 0.15) is 0 Å². The average molecular weight is 1620 g/mol. The predicted molar refractivity (Wildman–Crippen MR) is 517 cm³/mol. The van der Waals surface area contributed by atoms with E-state index in [2.05, 4.69) is 125 Å². The van der Waals surface area contributed by atoms with Gasteiger partial charge in [-0.05, 0) is 139 Å². The van der Waals surface area contributed by atoms with E-state index in [9.17, 15) is 25.5 Å². The first-order valence-corrected chi connectivity index (χ1v) is 53.3. The van der Waals surface area contributed by atoms with Gasteiger partial charge in [-0.1, -0.05) is 516 Å². The average Bonchev–Trinajstić information content (AvgIpc) is 0.852. The molecule has 6 nitrogen and oxygen atoms in total. The van der Waals surface area contributed by atoms with Crippen molar-refractivity contribution in [2.24, 2.45) is 29.6 Å². The first kappa shape index (κ1) is 122. The van der Waals surface area contributed by atoms with E-state index in [0.717, 1.165) is 88.9 Å². The van der Waals surface area contributed by atoms with Crippen LogP contribution in [0.25, 0.3) is 0 Å². The number of ether oxygens (including phenoxy) is 1. The van der Waals surface area contributed by atoms with Crippen molar-refractivity contribution in [1.29, 1.82) is 0 Å². The Morgan fingerprint density at radius 3 is 0.825 bits per heavy atom. The van der Waals surface area contributed by atoms with Crippen LogP contribution in [0.5, 0.6) is 0 Å². The second-order valence-corrected chi connectivity index (χ2v) is 38.7. The van der Waals surface area contributed by atoms with Crippen molar-refractivity contribution in [3.63, 3.8) is 0 Å². The molecule has 0 aromatic rings. The summed E-state index contributed by atoms with van der Waals surface area (Å²) in [5, 5.41) is 49.2. The second-order valence-electron chi connectivity index (χ2n) is 38.7. The zero-order chi connectivity index (χ0) is 85.7. The van der Waals surface area contributed by atoms with Gasteiger partial charge in [0.05, 0.1) is 42.2 Å². The van der Waals surface area contributed by atoms with Crippen molar-refractivity contribution in [1.82, 2.24) is 0 Å². The van der Waals surface area contributed by atoms with E-state index in [0.29, 0.717) is 23.9 Å². The first-order valence-electron chi connectivity index (χ1n) is 53.3. The second kappa shape index (κ2) is 102. The Morgan fingerprint density at radius 2 is 0.474 bits per heavy atom. The molecule has 1 saturated heterocycles. The molecular formula is C108H226O6. The summed E-state index contributed by atoms with van der Waals surface area (Å²) in [6.45, 7) is 40.8. The van der Waals surface area contributed by atoms with E-state index in [1.807, 2.05) is 0 Å². The van der Waals surface area contributed by atoms with Gasteiger partial charge in [0.15, 0.2) is 0 Å². The summed E-state index contributed by atoms with van der Waals surface area (Å²) < 4.78 is 6.36. The van der Waals surface area contributed by atoms with Crippen molar-refractivity contribution in [3.8, 4) is 0 Å². The molecule has 114 heavy (non-hydrogen) atoms. The molecule has 0 spiro atoms. The molecule has 1 heterocycles. The highest BCUT2D eigenvalue weighted by atomic mass is 16.5. The fourth-order valence-electron chi connectivity index (χ4n) is 17.4. The van der Waals surface area contributed by atoms with Crippen molar-refractivity contribution in [2.45, 2.75) is 668 Å². The maximum absolute atomic E-state index is 9.99. The zero-order valence-electron chi connectivity index (χ0n) is 82.6. The molecule has 6 heteroatoms. The highest BCUT2D eigenvalue weighted by molar-refractivity contribution is 4.82. The molecular weight excluding hydrogens is 1390 g/mol.